The van der Waals surface area contributed by atoms with Gasteiger partial charge in [-0.3, -0.25) is 9.69 Å². The number of hydrogen-bond donors (Lipinski definition) is 1. The molecule has 0 spiro atoms. The number of amides is 1. The first-order chi connectivity index (χ1) is 11.1. The average Bonchev–Trinajstić information content (AvgIpc) is 2.96. The van der Waals surface area contributed by atoms with Crippen molar-refractivity contribution in [3.63, 3.8) is 0 Å². The van der Waals surface area contributed by atoms with Crippen LogP contribution in [-0.2, 0) is 24.2 Å². The van der Waals surface area contributed by atoms with E-state index in [4.69, 9.17) is 4.52 Å². The van der Waals surface area contributed by atoms with Crippen LogP contribution in [0.15, 0.2) is 28.8 Å². The molecule has 0 aliphatic carbocycles. The second-order valence-corrected chi connectivity index (χ2v) is 5.36. The Balaban J connectivity index is 1.68. The fourth-order valence-electron chi connectivity index (χ4n) is 2.09. The summed E-state index contributed by atoms with van der Waals surface area (Å²) in [4.78, 5) is 17.9. The van der Waals surface area contributed by atoms with Crippen molar-refractivity contribution in [2.24, 2.45) is 0 Å². The van der Waals surface area contributed by atoms with E-state index >= 15 is 0 Å². The van der Waals surface area contributed by atoms with E-state index in [9.17, 15) is 9.18 Å². The number of carbonyl (C=O) groups is 1. The maximum atomic E-state index is 12.8. The molecular formula is C16H21FN4O2. The third-order valence-corrected chi connectivity index (χ3v) is 3.29. The van der Waals surface area contributed by atoms with Crippen molar-refractivity contribution in [3.05, 3.63) is 47.4 Å². The van der Waals surface area contributed by atoms with Gasteiger partial charge in [-0.15, -0.1) is 0 Å². The molecule has 1 aromatic carbocycles. The van der Waals surface area contributed by atoms with Gasteiger partial charge in [0.1, 0.15) is 5.82 Å². The SMILES string of the molecule is CCc1nc(CN(C)CC(=O)NCCc2ccc(F)cc2)no1. The predicted octanol–water partition coefficient (Wildman–Crippen LogP) is 1.56. The van der Waals surface area contributed by atoms with Gasteiger partial charge < -0.3 is 9.84 Å². The van der Waals surface area contributed by atoms with Gasteiger partial charge in [-0.05, 0) is 31.2 Å². The van der Waals surface area contributed by atoms with Gasteiger partial charge in [0.25, 0.3) is 0 Å². The zero-order valence-electron chi connectivity index (χ0n) is 13.4. The highest BCUT2D eigenvalue weighted by atomic mass is 19.1. The quantitative estimate of drug-likeness (QED) is 0.799. The fourth-order valence-corrected chi connectivity index (χ4v) is 2.09. The molecule has 0 saturated heterocycles. The summed E-state index contributed by atoms with van der Waals surface area (Å²) in [5.74, 6) is 0.835. The Labute approximate surface area is 134 Å². The van der Waals surface area contributed by atoms with Crippen LogP contribution < -0.4 is 5.32 Å². The Kier molecular flexibility index (Phi) is 6.22. The molecule has 23 heavy (non-hydrogen) atoms. The first-order valence-corrected chi connectivity index (χ1v) is 7.58. The van der Waals surface area contributed by atoms with E-state index < -0.39 is 0 Å². The Morgan fingerprint density at radius 2 is 2.09 bits per heavy atom. The Morgan fingerprint density at radius 1 is 1.35 bits per heavy atom. The van der Waals surface area contributed by atoms with Gasteiger partial charge in [-0.25, -0.2) is 4.39 Å². The van der Waals surface area contributed by atoms with E-state index in [0.29, 0.717) is 37.6 Å². The predicted molar refractivity (Wildman–Crippen MR) is 83.1 cm³/mol. The minimum absolute atomic E-state index is 0.0752. The van der Waals surface area contributed by atoms with Crippen molar-refractivity contribution >= 4 is 5.91 Å². The number of nitrogens with one attached hydrogen (secondary N) is 1. The summed E-state index contributed by atoms with van der Waals surface area (Å²) in [5.41, 5.74) is 0.985. The molecule has 0 aliphatic rings. The average molecular weight is 320 g/mol. The van der Waals surface area contributed by atoms with Crippen LogP contribution in [-0.4, -0.2) is 41.1 Å². The zero-order chi connectivity index (χ0) is 16.7. The largest absolute Gasteiger partial charge is 0.355 e. The minimum Gasteiger partial charge on any atom is -0.355 e. The van der Waals surface area contributed by atoms with Crippen molar-refractivity contribution in [1.29, 1.82) is 0 Å². The molecular weight excluding hydrogens is 299 g/mol. The first kappa shape index (κ1) is 17.1. The molecule has 124 valence electrons. The number of halogens is 1. The second-order valence-electron chi connectivity index (χ2n) is 5.36. The lowest BCUT2D eigenvalue weighted by Gasteiger charge is -2.14. The smallest absolute Gasteiger partial charge is 0.234 e. The Morgan fingerprint density at radius 3 is 2.74 bits per heavy atom. The summed E-state index contributed by atoms with van der Waals surface area (Å²) < 4.78 is 17.8. The van der Waals surface area contributed by atoms with Crippen LogP contribution >= 0.6 is 0 Å². The number of nitrogens with zero attached hydrogens (tertiary/aromatic N) is 3. The number of benzene rings is 1. The van der Waals surface area contributed by atoms with Gasteiger partial charge in [0.15, 0.2) is 5.82 Å². The van der Waals surface area contributed by atoms with Crippen LogP contribution in [0.4, 0.5) is 4.39 Å². The zero-order valence-corrected chi connectivity index (χ0v) is 13.4. The summed E-state index contributed by atoms with van der Waals surface area (Å²) in [6, 6.07) is 6.27. The third-order valence-electron chi connectivity index (χ3n) is 3.29. The molecule has 0 saturated carbocycles. The monoisotopic (exact) mass is 320 g/mol. The molecule has 1 amide bonds. The summed E-state index contributed by atoms with van der Waals surface area (Å²) in [7, 11) is 1.82. The molecule has 0 aliphatic heterocycles. The molecule has 2 rings (SSSR count). The number of hydrogen-bond acceptors (Lipinski definition) is 5. The summed E-state index contributed by atoms with van der Waals surface area (Å²) in [6.07, 6.45) is 1.36. The number of carbonyl (C=O) groups excluding carboxylic acids is 1. The molecule has 0 unspecified atom stereocenters. The van der Waals surface area contributed by atoms with Gasteiger partial charge in [0.05, 0.1) is 13.1 Å². The topological polar surface area (TPSA) is 71.3 Å². The molecule has 0 radical (unpaired) electrons. The fraction of sp³-hybridized carbons (Fsp3) is 0.438. The van der Waals surface area contributed by atoms with Gasteiger partial charge in [-0.2, -0.15) is 4.98 Å². The Bertz CT molecular complexity index is 627. The van der Waals surface area contributed by atoms with E-state index in [1.807, 2.05) is 18.9 Å². The van der Waals surface area contributed by atoms with Gasteiger partial charge in [0.2, 0.25) is 11.8 Å². The summed E-state index contributed by atoms with van der Waals surface area (Å²) in [5, 5.41) is 6.69. The van der Waals surface area contributed by atoms with Crippen molar-refractivity contribution in [3.8, 4) is 0 Å². The van der Waals surface area contributed by atoms with E-state index in [-0.39, 0.29) is 18.3 Å². The molecule has 1 aromatic heterocycles. The first-order valence-electron chi connectivity index (χ1n) is 7.58. The maximum Gasteiger partial charge on any atom is 0.234 e. The molecule has 1 N–H and O–H groups in total. The third kappa shape index (κ3) is 5.78. The van der Waals surface area contributed by atoms with Gasteiger partial charge in [-0.1, -0.05) is 24.2 Å². The normalized spacial score (nSPS) is 11.0. The van der Waals surface area contributed by atoms with Crippen LogP contribution in [0.1, 0.15) is 24.2 Å². The van der Waals surface area contributed by atoms with E-state index in [1.165, 1.54) is 12.1 Å². The molecule has 0 atom stereocenters. The summed E-state index contributed by atoms with van der Waals surface area (Å²) >= 11 is 0. The van der Waals surface area contributed by atoms with Crippen molar-refractivity contribution in [2.75, 3.05) is 20.1 Å². The van der Waals surface area contributed by atoms with Crippen molar-refractivity contribution in [2.45, 2.75) is 26.3 Å². The van der Waals surface area contributed by atoms with Gasteiger partial charge in [0, 0.05) is 13.0 Å². The van der Waals surface area contributed by atoms with Crippen molar-refractivity contribution in [1.82, 2.24) is 20.4 Å². The van der Waals surface area contributed by atoms with Crippen molar-refractivity contribution < 1.29 is 13.7 Å². The van der Waals surface area contributed by atoms with Crippen LogP contribution in [0.2, 0.25) is 0 Å². The van der Waals surface area contributed by atoms with Crippen LogP contribution in [0.5, 0.6) is 0 Å². The number of likely N-dealkylation sites (N-methyl/N-ethyl adjacent to an activating group) is 1. The van der Waals surface area contributed by atoms with Gasteiger partial charge >= 0.3 is 0 Å². The lowest BCUT2D eigenvalue weighted by atomic mass is 10.1. The van der Waals surface area contributed by atoms with E-state index in [1.54, 1.807) is 12.1 Å². The highest BCUT2D eigenvalue weighted by Gasteiger charge is 2.11. The number of aryl methyl sites for hydroxylation is 1. The van der Waals surface area contributed by atoms with Crippen LogP contribution in [0.3, 0.4) is 0 Å². The second kappa shape index (κ2) is 8.38. The number of aromatic nitrogens is 2. The minimum atomic E-state index is -0.257. The highest BCUT2D eigenvalue weighted by molar-refractivity contribution is 5.77. The van der Waals surface area contributed by atoms with Crippen LogP contribution in [0.25, 0.3) is 0 Å². The molecule has 2 aromatic rings. The molecule has 0 bridgehead atoms. The Hall–Kier alpha value is -2.28. The van der Waals surface area contributed by atoms with E-state index in [2.05, 4.69) is 15.5 Å². The van der Waals surface area contributed by atoms with E-state index in [0.717, 1.165) is 5.56 Å². The molecule has 6 nitrogen and oxygen atoms in total. The standard InChI is InChI=1S/C16H21FN4O2/c1-3-16-19-14(20-23-16)10-21(2)11-15(22)18-9-8-12-4-6-13(17)7-5-12/h4-7H,3,8-11H2,1-2H3,(H,18,22). The lowest BCUT2D eigenvalue weighted by Crippen LogP contribution is -2.36. The number of rotatable bonds is 8. The maximum absolute atomic E-state index is 12.8. The summed E-state index contributed by atoms with van der Waals surface area (Å²) in [6.45, 7) is 3.16. The molecule has 0 fully saturated rings. The highest BCUT2D eigenvalue weighted by Crippen LogP contribution is 2.03. The lowest BCUT2D eigenvalue weighted by molar-refractivity contribution is -0.122. The molecule has 7 heteroatoms. The van der Waals surface area contributed by atoms with Crippen LogP contribution in [0, 0.1) is 5.82 Å². The molecule has 1 heterocycles.